The Balaban J connectivity index is 1.98. The molecule has 3 heterocycles. The van der Waals surface area contributed by atoms with Crippen LogP contribution in [0.15, 0.2) is 53.1 Å². The molecule has 0 aliphatic heterocycles. The number of hydrogen-bond donors (Lipinski definition) is 0. The van der Waals surface area contributed by atoms with Crippen LogP contribution in [0.2, 0.25) is 0 Å². The Bertz CT molecular complexity index is 1470. The molecule has 0 atom stereocenters. The van der Waals surface area contributed by atoms with Gasteiger partial charge in [0.15, 0.2) is 11.8 Å². The maximum atomic E-state index is 15.3. The summed E-state index contributed by atoms with van der Waals surface area (Å²) in [5.41, 5.74) is 4.12. The van der Waals surface area contributed by atoms with Gasteiger partial charge in [0.2, 0.25) is 17.4 Å². The standard InChI is InChI=1S/C25H21F2N2O/c1-13(2)15-9-10-29(4)19(12-15)20-14(3)11-18(26)22-21-16-7-5-6-8-17(16)24(27)28-25(21)30-23(20)22/h5-13H,1-4H3/q+1. The van der Waals surface area contributed by atoms with E-state index in [2.05, 4.69) is 31.0 Å². The number of furan rings is 1. The van der Waals surface area contributed by atoms with Gasteiger partial charge in [-0.3, -0.25) is 0 Å². The molecule has 0 fully saturated rings. The van der Waals surface area contributed by atoms with Crippen molar-refractivity contribution >= 4 is 32.8 Å². The van der Waals surface area contributed by atoms with E-state index in [0.717, 1.165) is 16.8 Å². The smallest absolute Gasteiger partial charge is 0.230 e. The van der Waals surface area contributed by atoms with Crippen LogP contribution in [0.3, 0.4) is 0 Å². The lowest BCUT2D eigenvalue weighted by molar-refractivity contribution is -0.660. The van der Waals surface area contributed by atoms with Gasteiger partial charge in [-0.05, 0) is 41.5 Å². The van der Waals surface area contributed by atoms with Gasteiger partial charge >= 0.3 is 0 Å². The molecule has 0 bridgehead atoms. The summed E-state index contributed by atoms with van der Waals surface area (Å²) in [4.78, 5) is 4.01. The van der Waals surface area contributed by atoms with Crippen molar-refractivity contribution in [2.24, 2.45) is 7.05 Å². The van der Waals surface area contributed by atoms with Gasteiger partial charge < -0.3 is 4.42 Å². The maximum absolute atomic E-state index is 15.3. The zero-order chi connectivity index (χ0) is 21.2. The predicted molar refractivity (Wildman–Crippen MR) is 114 cm³/mol. The van der Waals surface area contributed by atoms with E-state index in [1.54, 1.807) is 24.3 Å². The molecule has 3 aromatic heterocycles. The Kier molecular flexibility index (Phi) is 4.10. The number of pyridine rings is 2. The minimum atomic E-state index is -0.622. The molecule has 5 rings (SSSR count). The van der Waals surface area contributed by atoms with Crippen LogP contribution >= 0.6 is 0 Å². The predicted octanol–water partition coefficient (Wildman–Crippen LogP) is 6.34. The fourth-order valence-electron chi connectivity index (χ4n) is 4.21. The molecule has 0 radical (unpaired) electrons. The second kappa shape index (κ2) is 6.59. The van der Waals surface area contributed by atoms with E-state index in [1.807, 2.05) is 24.7 Å². The topological polar surface area (TPSA) is 29.9 Å². The Hall–Kier alpha value is -3.34. The highest BCUT2D eigenvalue weighted by Gasteiger charge is 2.26. The summed E-state index contributed by atoms with van der Waals surface area (Å²) in [5.74, 6) is -0.675. The summed E-state index contributed by atoms with van der Waals surface area (Å²) >= 11 is 0. The highest BCUT2D eigenvalue weighted by molar-refractivity contribution is 6.19. The molecule has 0 aliphatic rings. The van der Waals surface area contributed by atoms with Gasteiger partial charge in [0.25, 0.3) is 0 Å². The Morgan fingerprint density at radius 1 is 1.00 bits per heavy atom. The van der Waals surface area contributed by atoms with Crippen LogP contribution in [0.4, 0.5) is 8.78 Å². The lowest BCUT2D eigenvalue weighted by Gasteiger charge is -2.10. The minimum absolute atomic E-state index is 0.106. The number of aromatic nitrogens is 2. The molecule has 5 heteroatoms. The van der Waals surface area contributed by atoms with Crippen molar-refractivity contribution in [3.05, 3.63) is 71.6 Å². The van der Waals surface area contributed by atoms with Crippen LogP contribution in [0.1, 0.15) is 30.9 Å². The van der Waals surface area contributed by atoms with Crippen LogP contribution in [-0.2, 0) is 7.05 Å². The van der Waals surface area contributed by atoms with E-state index in [4.69, 9.17) is 4.42 Å². The number of hydrogen-bond acceptors (Lipinski definition) is 2. The molecule has 0 spiro atoms. The van der Waals surface area contributed by atoms with Gasteiger partial charge in [-0.15, -0.1) is 0 Å². The first kappa shape index (κ1) is 18.7. The van der Waals surface area contributed by atoms with Gasteiger partial charge in [-0.2, -0.15) is 9.37 Å². The molecule has 0 unspecified atom stereocenters. The van der Waals surface area contributed by atoms with Gasteiger partial charge in [0, 0.05) is 17.5 Å². The summed E-state index contributed by atoms with van der Waals surface area (Å²) in [6.07, 6.45) is 2.00. The van der Waals surface area contributed by atoms with Crippen molar-refractivity contribution in [1.29, 1.82) is 0 Å². The molecular formula is C25H21F2N2O+. The number of nitrogens with zero attached hydrogens (tertiary/aromatic N) is 2. The third-order valence-corrected chi connectivity index (χ3v) is 5.81. The molecule has 3 nitrogen and oxygen atoms in total. The number of fused-ring (bicyclic) bond motifs is 5. The number of benzene rings is 2. The molecular weight excluding hydrogens is 382 g/mol. The van der Waals surface area contributed by atoms with Crippen molar-refractivity contribution in [3.8, 4) is 11.3 Å². The Labute approximate surface area is 172 Å². The first-order chi connectivity index (χ1) is 14.4. The SMILES string of the molecule is Cc1cc(F)c2c(oc3nc(F)c4ccccc4c32)c1-c1cc(C(C)C)cc[n+]1C. The second-order valence-electron chi connectivity index (χ2n) is 8.10. The van der Waals surface area contributed by atoms with E-state index in [-0.39, 0.29) is 5.71 Å². The molecule has 0 aliphatic carbocycles. The molecule has 0 N–H and O–H groups in total. The molecule has 0 saturated heterocycles. The lowest BCUT2D eigenvalue weighted by atomic mass is 9.96. The third kappa shape index (κ3) is 2.61. The van der Waals surface area contributed by atoms with E-state index in [1.165, 1.54) is 11.6 Å². The quantitative estimate of drug-likeness (QED) is 0.254. The van der Waals surface area contributed by atoms with Gasteiger partial charge in [-0.1, -0.05) is 32.0 Å². The van der Waals surface area contributed by atoms with E-state index < -0.39 is 11.8 Å². The normalized spacial score (nSPS) is 12.0. The van der Waals surface area contributed by atoms with Crippen molar-refractivity contribution in [2.75, 3.05) is 0 Å². The largest absolute Gasteiger partial charge is 0.437 e. The fraction of sp³-hybridized carbons (Fsp3) is 0.200. The van der Waals surface area contributed by atoms with Crippen LogP contribution in [0.5, 0.6) is 0 Å². The number of aryl methyl sites for hydroxylation is 2. The lowest BCUT2D eigenvalue weighted by Crippen LogP contribution is -2.31. The first-order valence-corrected chi connectivity index (χ1v) is 9.96. The van der Waals surface area contributed by atoms with Crippen molar-refractivity contribution in [1.82, 2.24) is 4.98 Å². The van der Waals surface area contributed by atoms with Crippen LogP contribution in [0.25, 0.3) is 44.1 Å². The zero-order valence-electron chi connectivity index (χ0n) is 17.3. The van der Waals surface area contributed by atoms with Crippen molar-refractivity contribution in [2.45, 2.75) is 26.7 Å². The van der Waals surface area contributed by atoms with Crippen molar-refractivity contribution < 1.29 is 17.8 Å². The molecule has 2 aromatic carbocycles. The van der Waals surface area contributed by atoms with Crippen LogP contribution < -0.4 is 4.57 Å². The summed E-state index contributed by atoms with van der Waals surface area (Å²) < 4.78 is 37.9. The number of rotatable bonds is 2. The average Bonchev–Trinajstić information content (AvgIpc) is 3.08. The minimum Gasteiger partial charge on any atom is -0.437 e. The Morgan fingerprint density at radius 2 is 1.73 bits per heavy atom. The van der Waals surface area contributed by atoms with E-state index in [0.29, 0.717) is 33.0 Å². The Morgan fingerprint density at radius 3 is 2.47 bits per heavy atom. The molecule has 150 valence electrons. The van der Waals surface area contributed by atoms with Crippen molar-refractivity contribution in [3.63, 3.8) is 0 Å². The third-order valence-electron chi connectivity index (χ3n) is 5.81. The highest BCUT2D eigenvalue weighted by atomic mass is 19.1. The van der Waals surface area contributed by atoms with Gasteiger partial charge in [0.1, 0.15) is 12.9 Å². The monoisotopic (exact) mass is 403 g/mol. The van der Waals surface area contributed by atoms with E-state index in [9.17, 15) is 4.39 Å². The van der Waals surface area contributed by atoms with Crippen LogP contribution in [0, 0.1) is 18.7 Å². The molecule has 0 amide bonds. The van der Waals surface area contributed by atoms with Gasteiger partial charge in [0.05, 0.1) is 16.3 Å². The number of halogens is 2. The summed E-state index contributed by atoms with van der Waals surface area (Å²) in [6.45, 7) is 6.12. The maximum Gasteiger partial charge on any atom is 0.230 e. The van der Waals surface area contributed by atoms with Crippen LogP contribution in [-0.4, -0.2) is 4.98 Å². The summed E-state index contributed by atoms with van der Waals surface area (Å²) in [7, 11) is 1.95. The van der Waals surface area contributed by atoms with Gasteiger partial charge in [-0.25, -0.2) is 8.96 Å². The first-order valence-electron chi connectivity index (χ1n) is 9.96. The zero-order valence-corrected chi connectivity index (χ0v) is 17.3. The molecule has 5 aromatic rings. The summed E-state index contributed by atoms with van der Waals surface area (Å²) in [5, 5.41) is 1.78. The van der Waals surface area contributed by atoms with E-state index >= 15 is 4.39 Å². The molecule has 30 heavy (non-hydrogen) atoms. The fourth-order valence-corrected chi connectivity index (χ4v) is 4.21. The average molecular weight is 403 g/mol. The summed E-state index contributed by atoms with van der Waals surface area (Å²) in [6, 6.07) is 12.7. The molecule has 0 saturated carbocycles. The highest BCUT2D eigenvalue weighted by Crippen LogP contribution is 2.41. The second-order valence-corrected chi connectivity index (χ2v) is 8.10.